The number of aromatic nitrogens is 2. The van der Waals surface area contributed by atoms with E-state index in [1.807, 2.05) is 0 Å². The lowest BCUT2D eigenvalue weighted by Gasteiger charge is -1.71. The Morgan fingerprint density at radius 3 is 2.57 bits per heavy atom. The van der Waals surface area contributed by atoms with Crippen molar-refractivity contribution in [3.05, 3.63) is 17.0 Å². The second-order valence-corrected chi connectivity index (χ2v) is 2.35. The molecule has 0 aliphatic heterocycles. The van der Waals surface area contributed by atoms with Gasteiger partial charge in [0, 0.05) is 11.5 Å². The minimum atomic E-state index is 0.562. The van der Waals surface area contributed by atoms with Gasteiger partial charge >= 0.3 is 0 Å². The predicted octanol–water partition coefficient (Wildman–Crippen LogP) is 1.37. The van der Waals surface area contributed by atoms with E-state index >= 15 is 0 Å². The molecule has 1 aromatic heterocycles. The van der Waals surface area contributed by atoms with Crippen LogP contribution in [-0.2, 0) is 0 Å². The van der Waals surface area contributed by atoms with Crippen LogP contribution in [0.25, 0.3) is 0 Å². The van der Waals surface area contributed by atoms with Gasteiger partial charge in [0.1, 0.15) is 4.34 Å². The molecule has 0 saturated heterocycles. The molecule has 0 unspecified atom stereocenters. The number of hydrogen-bond acceptors (Lipinski definition) is 3. The molecule has 0 fully saturated rings. The number of nitrogens with zero attached hydrogens (tertiary/aromatic N) is 2. The highest BCUT2D eigenvalue weighted by atomic mass is 35.5. The van der Waals surface area contributed by atoms with Crippen molar-refractivity contribution in [1.82, 2.24) is 9.59 Å². The summed E-state index contributed by atoms with van der Waals surface area (Å²) in [5.74, 6) is 0. The molecule has 1 heterocycles. The molecule has 0 bridgehead atoms. The molecule has 0 aromatic carbocycles. The Morgan fingerprint density at radius 1 is 1.71 bits per heavy atom. The van der Waals surface area contributed by atoms with E-state index in [4.69, 9.17) is 11.6 Å². The Bertz CT molecular complexity index is 145. The zero-order chi connectivity index (χ0) is 5.28. The maximum Gasteiger partial charge on any atom is 0.137 e. The third-order valence-corrected chi connectivity index (χ3v) is 1.49. The molecule has 4 heteroatoms. The van der Waals surface area contributed by atoms with Crippen LogP contribution in [0, 0.1) is 6.92 Å². The third-order valence-electron chi connectivity index (χ3n) is 0.509. The van der Waals surface area contributed by atoms with Gasteiger partial charge in [0.2, 0.25) is 0 Å². The molecule has 1 rings (SSSR count). The van der Waals surface area contributed by atoms with Crippen LogP contribution in [0.15, 0.2) is 0 Å². The van der Waals surface area contributed by atoms with Crippen LogP contribution in [0.3, 0.4) is 0 Å². The van der Waals surface area contributed by atoms with Crippen LogP contribution in [0.5, 0.6) is 0 Å². The van der Waals surface area contributed by atoms with Crippen LogP contribution < -0.4 is 0 Å². The van der Waals surface area contributed by atoms with Crippen LogP contribution in [0.2, 0.25) is 4.34 Å². The van der Waals surface area contributed by atoms with E-state index in [2.05, 4.69) is 16.5 Å². The Kier molecular flexibility index (Phi) is 1.25. The first-order chi connectivity index (χ1) is 3.30. The van der Waals surface area contributed by atoms with Crippen molar-refractivity contribution >= 4 is 23.1 Å². The van der Waals surface area contributed by atoms with Gasteiger partial charge < -0.3 is 0 Å². The molecule has 2 nitrogen and oxygen atoms in total. The average Bonchev–Trinajstić information content (AvgIpc) is 1.91. The molecule has 0 spiro atoms. The van der Waals surface area contributed by atoms with Crippen molar-refractivity contribution < 1.29 is 0 Å². The molecule has 7 heavy (non-hydrogen) atoms. The standard InChI is InChI=1S/C3H2ClN2S/c1-2-3(4)7-6-5-2/h1H2. The number of halogens is 1. The minimum absolute atomic E-state index is 0.562. The molecule has 1 aromatic rings. The fourth-order valence-corrected chi connectivity index (χ4v) is 0.685. The highest BCUT2D eigenvalue weighted by Gasteiger charge is 1.94. The summed E-state index contributed by atoms with van der Waals surface area (Å²) in [5.41, 5.74) is 0.562. The lowest BCUT2D eigenvalue weighted by Crippen LogP contribution is -1.67. The summed E-state index contributed by atoms with van der Waals surface area (Å²) in [5, 5.41) is 3.54. The Morgan fingerprint density at radius 2 is 2.43 bits per heavy atom. The van der Waals surface area contributed by atoms with Gasteiger partial charge in [-0.15, -0.1) is 5.10 Å². The first-order valence-electron chi connectivity index (χ1n) is 1.60. The van der Waals surface area contributed by atoms with Crippen molar-refractivity contribution in [2.24, 2.45) is 0 Å². The van der Waals surface area contributed by atoms with E-state index in [9.17, 15) is 0 Å². The largest absolute Gasteiger partial charge is 0.142 e. The molecule has 1 radical (unpaired) electrons. The van der Waals surface area contributed by atoms with E-state index in [-0.39, 0.29) is 0 Å². The lowest BCUT2D eigenvalue weighted by molar-refractivity contribution is 1.12. The van der Waals surface area contributed by atoms with Gasteiger partial charge in [-0.25, -0.2) is 0 Å². The van der Waals surface area contributed by atoms with Crippen LogP contribution in [-0.4, -0.2) is 9.59 Å². The molecule has 0 aliphatic carbocycles. The van der Waals surface area contributed by atoms with E-state index in [0.717, 1.165) is 11.5 Å². The van der Waals surface area contributed by atoms with E-state index in [1.165, 1.54) is 0 Å². The summed E-state index contributed by atoms with van der Waals surface area (Å²) in [7, 11) is 0. The van der Waals surface area contributed by atoms with Crippen molar-refractivity contribution in [3.8, 4) is 0 Å². The van der Waals surface area contributed by atoms with Gasteiger partial charge in [0.25, 0.3) is 0 Å². The van der Waals surface area contributed by atoms with Gasteiger partial charge in [0.05, 0.1) is 5.69 Å². The van der Waals surface area contributed by atoms with E-state index in [1.54, 1.807) is 0 Å². The maximum atomic E-state index is 5.46. The molecule has 0 saturated carbocycles. The molecular weight excluding hydrogens is 132 g/mol. The van der Waals surface area contributed by atoms with Gasteiger partial charge in [-0.2, -0.15) is 0 Å². The molecule has 0 aliphatic rings. The lowest BCUT2D eigenvalue weighted by atomic mass is 10.6. The van der Waals surface area contributed by atoms with E-state index in [0.29, 0.717) is 10.0 Å². The smallest absolute Gasteiger partial charge is 0.137 e. The van der Waals surface area contributed by atoms with Gasteiger partial charge in [-0.05, 0) is 6.92 Å². The van der Waals surface area contributed by atoms with Crippen molar-refractivity contribution in [3.63, 3.8) is 0 Å². The predicted molar refractivity (Wildman–Crippen MR) is 29.4 cm³/mol. The third kappa shape index (κ3) is 0.894. The van der Waals surface area contributed by atoms with E-state index < -0.39 is 0 Å². The van der Waals surface area contributed by atoms with Gasteiger partial charge in [0.15, 0.2) is 0 Å². The molecule has 0 atom stereocenters. The molecule has 37 valence electrons. The quantitative estimate of drug-likeness (QED) is 0.534. The molecule has 0 N–H and O–H groups in total. The molecular formula is C3H2ClN2S. The summed E-state index contributed by atoms with van der Waals surface area (Å²) in [6, 6.07) is 0. The second-order valence-electron chi connectivity index (χ2n) is 0.993. The first kappa shape index (κ1) is 5.00. The van der Waals surface area contributed by atoms with Crippen LogP contribution >= 0.6 is 23.1 Å². The Balaban J connectivity index is 3.12. The second kappa shape index (κ2) is 1.76. The SMILES string of the molecule is [CH2]c1nnsc1Cl. The monoisotopic (exact) mass is 133 g/mol. The highest BCUT2D eigenvalue weighted by molar-refractivity contribution is 7.10. The van der Waals surface area contributed by atoms with Crippen molar-refractivity contribution in [2.75, 3.05) is 0 Å². The highest BCUT2D eigenvalue weighted by Crippen LogP contribution is 2.14. The maximum absolute atomic E-state index is 5.46. The topological polar surface area (TPSA) is 25.8 Å². The van der Waals surface area contributed by atoms with Gasteiger partial charge in [-0.3, -0.25) is 0 Å². The summed E-state index contributed by atoms with van der Waals surface area (Å²) >= 11 is 6.60. The Hall–Kier alpha value is -0.150. The zero-order valence-corrected chi connectivity index (χ0v) is 4.96. The minimum Gasteiger partial charge on any atom is -0.142 e. The van der Waals surface area contributed by atoms with Crippen LogP contribution in [0.4, 0.5) is 0 Å². The zero-order valence-electron chi connectivity index (χ0n) is 3.39. The number of rotatable bonds is 0. The normalized spacial score (nSPS) is 9.43. The summed E-state index contributed by atoms with van der Waals surface area (Å²) in [6.07, 6.45) is 0. The fraction of sp³-hybridized carbons (Fsp3) is 0. The average molecular weight is 134 g/mol. The Labute approximate surface area is 50.3 Å². The first-order valence-corrected chi connectivity index (χ1v) is 2.75. The van der Waals surface area contributed by atoms with Crippen molar-refractivity contribution in [1.29, 1.82) is 0 Å². The molecule has 0 amide bonds. The summed E-state index contributed by atoms with van der Waals surface area (Å²) in [6.45, 7) is 3.48. The van der Waals surface area contributed by atoms with Crippen molar-refractivity contribution in [2.45, 2.75) is 0 Å². The van der Waals surface area contributed by atoms with Crippen LogP contribution in [0.1, 0.15) is 5.69 Å². The number of hydrogen-bond donors (Lipinski definition) is 0. The van der Waals surface area contributed by atoms with Gasteiger partial charge in [-0.1, -0.05) is 16.1 Å². The summed E-state index contributed by atoms with van der Waals surface area (Å²) in [4.78, 5) is 0. The fourth-order valence-electron chi connectivity index (χ4n) is 0.198. The summed E-state index contributed by atoms with van der Waals surface area (Å²) < 4.78 is 4.09.